The third kappa shape index (κ3) is 3.79. The number of nitrogens with zero attached hydrogens (tertiary/aromatic N) is 1. The zero-order valence-electron chi connectivity index (χ0n) is 10.7. The Morgan fingerprint density at radius 1 is 1.16 bits per heavy atom. The van der Waals surface area contributed by atoms with Gasteiger partial charge in [0.2, 0.25) is 0 Å². The number of carbonyl (C=O) groups is 1. The van der Waals surface area contributed by atoms with Crippen molar-refractivity contribution in [2.45, 2.75) is 13.5 Å². The van der Waals surface area contributed by atoms with Crippen LogP contribution in [0.15, 0.2) is 42.7 Å². The maximum atomic E-state index is 11.8. The summed E-state index contributed by atoms with van der Waals surface area (Å²) in [6, 6.07) is 8.94. The van der Waals surface area contributed by atoms with Gasteiger partial charge < -0.3 is 16.4 Å². The smallest absolute Gasteiger partial charge is 0.323 e. The number of pyridine rings is 1. The van der Waals surface area contributed by atoms with Crippen LogP contribution in [0.25, 0.3) is 0 Å². The number of aromatic nitrogens is 1. The Balaban J connectivity index is 1.97. The lowest BCUT2D eigenvalue weighted by Crippen LogP contribution is -2.19. The van der Waals surface area contributed by atoms with Crippen LogP contribution in [0.5, 0.6) is 0 Å². The third-order valence-electron chi connectivity index (χ3n) is 2.58. The number of carbonyl (C=O) groups excluding carboxylic acids is 1. The van der Waals surface area contributed by atoms with Crippen LogP contribution < -0.4 is 16.4 Å². The molecule has 0 fully saturated rings. The van der Waals surface area contributed by atoms with Crippen LogP contribution in [0, 0.1) is 6.92 Å². The Labute approximate surface area is 111 Å². The fourth-order valence-corrected chi connectivity index (χ4v) is 1.64. The van der Waals surface area contributed by atoms with Gasteiger partial charge >= 0.3 is 6.03 Å². The molecule has 0 saturated carbocycles. The van der Waals surface area contributed by atoms with Crippen LogP contribution in [0.2, 0.25) is 0 Å². The maximum Gasteiger partial charge on any atom is 0.323 e. The molecule has 19 heavy (non-hydrogen) atoms. The van der Waals surface area contributed by atoms with Gasteiger partial charge in [0.25, 0.3) is 0 Å². The molecular formula is C14H16N4O. The number of hydrogen-bond donors (Lipinski definition) is 3. The zero-order valence-corrected chi connectivity index (χ0v) is 10.7. The van der Waals surface area contributed by atoms with E-state index in [0.29, 0.717) is 12.2 Å². The molecule has 4 N–H and O–H groups in total. The van der Waals surface area contributed by atoms with E-state index in [4.69, 9.17) is 5.73 Å². The Morgan fingerprint density at radius 3 is 2.47 bits per heavy atom. The maximum absolute atomic E-state index is 11.8. The number of amides is 2. The molecule has 5 heteroatoms. The molecule has 1 aromatic carbocycles. The van der Waals surface area contributed by atoms with E-state index < -0.39 is 0 Å². The summed E-state index contributed by atoms with van der Waals surface area (Å²) in [6.45, 7) is 2.41. The number of aryl methyl sites for hydroxylation is 1. The monoisotopic (exact) mass is 256 g/mol. The fraction of sp³-hybridized carbons (Fsp3) is 0.143. The van der Waals surface area contributed by atoms with E-state index in [1.165, 1.54) is 0 Å². The summed E-state index contributed by atoms with van der Waals surface area (Å²) in [5, 5.41) is 5.47. The topological polar surface area (TPSA) is 80.0 Å². The first-order valence-electron chi connectivity index (χ1n) is 5.96. The van der Waals surface area contributed by atoms with Crippen LogP contribution in [0.3, 0.4) is 0 Å². The average molecular weight is 256 g/mol. The van der Waals surface area contributed by atoms with Gasteiger partial charge in [-0.25, -0.2) is 4.79 Å². The molecule has 0 saturated heterocycles. The van der Waals surface area contributed by atoms with Gasteiger partial charge in [0.05, 0.1) is 11.9 Å². The van der Waals surface area contributed by atoms with Crippen molar-refractivity contribution in [3.63, 3.8) is 0 Å². The van der Waals surface area contributed by atoms with Crippen molar-refractivity contribution in [1.29, 1.82) is 0 Å². The predicted molar refractivity (Wildman–Crippen MR) is 75.9 cm³/mol. The molecule has 5 nitrogen and oxygen atoms in total. The fourth-order valence-electron chi connectivity index (χ4n) is 1.64. The minimum atomic E-state index is -0.298. The molecular weight excluding hydrogens is 240 g/mol. The van der Waals surface area contributed by atoms with Gasteiger partial charge in [-0.3, -0.25) is 4.98 Å². The lowest BCUT2D eigenvalue weighted by Gasteiger charge is -2.08. The summed E-state index contributed by atoms with van der Waals surface area (Å²) in [6.07, 6.45) is 3.33. The molecule has 0 atom stereocenters. The molecule has 0 aliphatic rings. The molecule has 2 aromatic rings. The van der Waals surface area contributed by atoms with Crippen molar-refractivity contribution in [3.05, 3.63) is 53.9 Å². The van der Waals surface area contributed by atoms with E-state index in [-0.39, 0.29) is 6.03 Å². The van der Waals surface area contributed by atoms with Crippen LogP contribution in [0.1, 0.15) is 11.1 Å². The van der Waals surface area contributed by atoms with E-state index in [0.717, 1.165) is 16.8 Å². The molecule has 0 spiro atoms. The molecule has 0 aliphatic carbocycles. The molecule has 98 valence electrons. The van der Waals surface area contributed by atoms with E-state index in [1.54, 1.807) is 12.4 Å². The number of nitrogens with two attached hydrogens (primary N) is 1. The van der Waals surface area contributed by atoms with Gasteiger partial charge in [-0.1, -0.05) is 12.1 Å². The van der Waals surface area contributed by atoms with Crippen molar-refractivity contribution < 1.29 is 4.79 Å². The quantitative estimate of drug-likeness (QED) is 0.789. The van der Waals surface area contributed by atoms with Gasteiger partial charge in [0, 0.05) is 18.4 Å². The normalized spacial score (nSPS) is 10.0. The second-order valence-electron chi connectivity index (χ2n) is 4.23. The first kappa shape index (κ1) is 13.0. The molecule has 1 heterocycles. The summed E-state index contributed by atoms with van der Waals surface area (Å²) < 4.78 is 0. The van der Waals surface area contributed by atoms with Crippen molar-refractivity contribution in [2.75, 3.05) is 10.6 Å². The molecule has 0 unspecified atom stereocenters. The highest BCUT2D eigenvalue weighted by Gasteiger charge is 2.03. The van der Waals surface area contributed by atoms with E-state index >= 15 is 0 Å². The van der Waals surface area contributed by atoms with Gasteiger partial charge in [0.15, 0.2) is 0 Å². The highest BCUT2D eigenvalue weighted by atomic mass is 16.2. The van der Waals surface area contributed by atoms with Gasteiger partial charge in [-0.15, -0.1) is 0 Å². The molecule has 1 aromatic heterocycles. The summed E-state index contributed by atoms with van der Waals surface area (Å²) in [5.41, 5.74) is 8.90. The van der Waals surface area contributed by atoms with Crippen molar-refractivity contribution in [3.8, 4) is 0 Å². The second kappa shape index (κ2) is 5.97. The summed E-state index contributed by atoms with van der Waals surface area (Å²) in [5.74, 6) is 0. The minimum absolute atomic E-state index is 0.298. The second-order valence-corrected chi connectivity index (χ2v) is 4.23. The lowest BCUT2D eigenvalue weighted by molar-refractivity contribution is 0.262. The number of benzene rings is 1. The van der Waals surface area contributed by atoms with Crippen LogP contribution in [-0.2, 0) is 6.54 Å². The van der Waals surface area contributed by atoms with E-state index in [1.807, 2.05) is 37.3 Å². The number of rotatable bonds is 3. The first-order chi connectivity index (χ1) is 9.17. The van der Waals surface area contributed by atoms with Crippen LogP contribution >= 0.6 is 0 Å². The Hall–Kier alpha value is -2.40. The molecule has 0 bridgehead atoms. The van der Waals surface area contributed by atoms with E-state index in [2.05, 4.69) is 15.6 Å². The van der Waals surface area contributed by atoms with E-state index in [9.17, 15) is 4.79 Å². The van der Waals surface area contributed by atoms with Crippen molar-refractivity contribution in [1.82, 2.24) is 4.98 Å². The lowest BCUT2D eigenvalue weighted by atomic mass is 10.2. The largest absolute Gasteiger partial charge is 0.326 e. The Kier molecular flexibility index (Phi) is 4.10. The zero-order chi connectivity index (χ0) is 13.7. The number of anilines is 2. The average Bonchev–Trinajstić information content (AvgIpc) is 2.39. The van der Waals surface area contributed by atoms with Gasteiger partial charge in [-0.2, -0.15) is 0 Å². The minimum Gasteiger partial charge on any atom is -0.326 e. The summed E-state index contributed by atoms with van der Waals surface area (Å²) >= 11 is 0. The highest BCUT2D eigenvalue weighted by molar-refractivity contribution is 5.99. The van der Waals surface area contributed by atoms with Crippen LogP contribution in [-0.4, -0.2) is 11.0 Å². The standard InChI is InChI=1S/C14H16N4O/c1-10-6-13(9-16-8-10)18-14(19)17-12-4-2-11(7-15)3-5-12/h2-6,8-9H,7,15H2,1H3,(H2,17,18,19). The molecule has 2 amide bonds. The Morgan fingerprint density at radius 2 is 1.84 bits per heavy atom. The van der Waals surface area contributed by atoms with Gasteiger partial charge in [0.1, 0.15) is 0 Å². The van der Waals surface area contributed by atoms with Crippen molar-refractivity contribution >= 4 is 17.4 Å². The molecule has 0 radical (unpaired) electrons. The number of hydrogen-bond acceptors (Lipinski definition) is 3. The number of urea groups is 1. The molecule has 0 aliphatic heterocycles. The highest BCUT2D eigenvalue weighted by Crippen LogP contribution is 2.11. The number of nitrogens with one attached hydrogen (secondary N) is 2. The van der Waals surface area contributed by atoms with Crippen LogP contribution in [0.4, 0.5) is 16.2 Å². The summed E-state index contributed by atoms with van der Waals surface area (Å²) in [4.78, 5) is 15.8. The van der Waals surface area contributed by atoms with Crippen molar-refractivity contribution in [2.24, 2.45) is 5.73 Å². The summed E-state index contributed by atoms with van der Waals surface area (Å²) in [7, 11) is 0. The Bertz CT molecular complexity index is 566. The first-order valence-corrected chi connectivity index (χ1v) is 5.96. The predicted octanol–water partition coefficient (Wildman–Crippen LogP) is 2.49. The SMILES string of the molecule is Cc1cncc(NC(=O)Nc2ccc(CN)cc2)c1. The molecule has 2 rings (SSSR count). The van der Waals surface area contributed by atoms with Gasteiger partial charge in [-0.05, 0) is 36.2 Å². The third-order valence-corrected chi connectivity index (χ3v) is 2.58.